The lowest BCUT2D eigenvalue weighted by molar-refractivity contribution is -0.119. The molecule has 36 heavy (non-hydrogen) atoms. The molecular formula is C27H26ClF2N3O3. The van der Waals surface area contributed by atoms with Crippen molar-refractivity contribution >= 4 is 17.5 Å². The van der Waals surface area contributed by atoms with E-state index in [1.165, 1.54) is 6.07 Å². The fourth-order valence-electron chi connectivity index (χ4n) is 4.90. The third-order valence-electron chi connectivity index (χ3n) is 6.67. The molecule has 2 heterocycles. The van der Waals surface area contributed by atoms with Crippen LogP contribution in [0.3, 0.4) is 0 Å². The maximum Gasteiger partial charge on any atom is 0.236 e. The highest BCUT2D eigenvalue weighted by atomic mass is 35.5. The minimum Gasteiger partial charge on any atom is -0.481 e. The molecule has 1 saturated heterocycles. The van der Waals surface area contributed by atoms with Crippen molar-refractivity contribution in [1.82, 2.24) is 15.6 Å². The summed E-state index contributed by atoms with van der Waals surface area (Å²) in [7, 11) is 1.54. The number of nitrogens with one attached hydrogen (secondary N) is 2. The number of methoxy groups -OCH3 is 1. The number of nitrogens with zero attached hydrogens (tertiary/aromatic N) is 1. The van der Waals surface area contributed by atoms with Crippen molar-refractivity contribution in [3.8, 4) is 22.9 Å². The Kier molecular flexibility index (Phi) is 7.07. The predicted molar refractivity (Wildman–Crippen MR) is 132 cm³/mol. The minimum absolute atomic E-state index is 0.0797. The number of fused-ring (bicyclic) bond motifs is 1. The summed E-state index contributed by atoms with van der Waals surface area (Å²) < 4.78 is 39.0. The van der Waals surface area contributed by atoms with Crippen LogP contribution in [-0.4, -0.2) is 30.6 Å². The molecule has 188 valence electrons. The molecule has 2 N–H and O–H groups in total. The molecule has 1 fully saturated rings. The molecule has 0 radical (unpaired) electrons. The summed E-state index contributed by atoms with van der Waals surface area (Å²) in [6.45, 7) is 1.12. The van der Waals surface area contributed by atoms with Crippen molar-refractivity contribution in [2.75, 3.05) is 13.7 Å². The lowest BCUT2D eigenvalue weighted by Crippen LogP contribution is -2.35. The third-order valence-corrected chi connectivity index (χ3v) is 6.94. The van der Waals surface area contributed by atoms with Crippen LogP contribution >= 0.6 is 11.6 Å². The van der Waals surface area contributed by atoms with Crippen LogP contribution in [0.4, 0.5) is 8.78 Å². The smallest absolute Gasteiger partial charge is 0.236 e. The number of rotatable bonds is 8. The van der Waals surface area contributed by atoms with Gasteiger partial charge in [-0.05, 0) is 59.7 Å². The molecule has 5 rings (SSSR count). The second kappa shape index (κ2) is 10.4. The van der Waals surface area contributed by atoms with Gasteiger partial charge >= 0.3 is 0 Å². The molecule has 2 aromatic carbocycles. The zero-order chi connectivity index (χ0) is 25.2. The highest BCUT2D eigenvalue weighted by molar-refractivity contribution is 6.31. The molecule has 1 aromatic heterocycles. The lowest BCUT2D eigenvalue weighted by Gasteiger charge is -2.18. The first kappa shape index (κ1) is 24.5. The number of carbonyl (C=O) groups excluding carboxylic acids is 1. The Balaban J connectivity index is 1.32. The van der Waals surface area contributed by atoms with Crippen LogP contribution in [0.5, 0.6) is 11.8 Å². The molecule has 2 atom stereocenters. The Morgan fingerprint density at radius 3 is 2.72 bits per heavy atom. The summed E-state index contributed by atoms with van der Waals surface area (Å²) in [5, 5.41) is 6.61. The Labute approximate surface area is 213 Å². The van der Waals surface area contributed by atoms with Gasteiger partial charge in [0, 0.05) is 31.1 Å². The summed E-state index contributed by atoms with van der Waals surface area (Å²) in [4.78, 5) is 15.9. The van der Waals surface area contributed by atoms with E-state index in [9.17, 15) is 13.6 Å². The summed E-state index contributed by atoms with van der Waals surface area (Å²) >= 11 is 6.54. The number of amides is 1. The average Bonchev–Trinajstić information content (AvgIpc) is 3.48. The summed E-state index contributed by atoms with van der Waals surface area (Å²) in [6, 6.07) is 11.6. The van der Waals surface area contributed by atoms with Crippen LogP contribution in [0.15, 0.2) is 42.5 Å². The van der Waals surface area contributed by atoms with Gasteiger partial charge in [0.15, 0.2) is 11.6 Å². The molecule has 1 aliphatic carbocycles. The van der Waals surface area contributed by atoms with Crippen molar-refractivity contribution in [2.24, 2.45) is 0 Å². The molecule has 3 aromatic rings. The lowest BCUT2D eigenvalue weighted by atomic mass is 9.96. The fraction of sp³-hybridized carbons (Fsp3) is 0.333. The van der Waals surface area contributed by atoms with Crippen LogP contribution in [0.25, 0.3) is 11.1 Å². The van der Waals surface area contributed by atoms with E-state index in [0.29, 0.717) is 42.4 Å². The van der Waals surface area contributed by atoms with Crippen molar-refractivity contribution in [3.63, 3.8) is 0 Å². The van der Waals surface area contributed by atoms with E-state index < -0.39 is 11.6 Å². The van der Waals surface area contributed by atoms with Crippen molar-refractivity contribution in [2.45, 2.75) is 44.4 Å². The molecule has 0 saturated carbocycles. The third kappa shape index (κ3) is 5.01. The molecule has 0 spiro atoms. The van der Waals surface area contributed by atoms with E-state index in [4.69, 9.17) is 21.1 Å². The number of benzene rings is 2. The van der Waals surface area contributed by atoms with Crippen molar-refractivity contribution in [1.29, 1.82) is 0 Å². The monoisotopic (exact) mass is 513 g/mol. The largest absolute Gasteiger partial charge is 0.481 e. The van der Waals surface area contributed by atoms with E-state index in [1.54, 1.807) is 19.2 Å². The van der Waals surface area contributed by atoms with Gasteiger partial charge in [0.25, 0.3) is 0 Å². The Hall–Kier alpha value is -3.23. The number of hydrogen-bond acceptors (Lipinski definition) is 5. The van der Waals surface area contributed by atoms with Gasteiger partial charge in [-0.3, -0.25) is 4.79 Å². The first-order valence-electron chi connectivity index (χ1n) is 11.9. The highest BCUT2D eigenvalue weighted by Crippen LogP contribution is 2.41. The topological polar surface area (TPSA) is 72.5 Å². The van der Waals surface area contributed by atoms with Gasteiger partial charge in [-0.1, -0.05) is 35.9 Å². The second-order valence-electron chi connectivity index (χ2n) is 9.03. The quantitative estimate of drug-likeness (QED) is 0.437. The molecule has 1 amide bonds. The van der Waals surface area contributed by atoms with E-state index in [2.05, 4.69) is 15.6 Å². The molecule has 1 unspecified atom stereocenters. The first-order valence-corrected chi connectivity index (χ1v) is 12.3. The van der Waals surface area contributed by atoms with E-state index in [0.717, 1.165) is 41.2 Å². The van der Waals surface area contributed by atoms with Crippen molar-refractivity contribution in [3.05, 3.63) is 75.8 Å². The number of halogens is 3. The normalized spacial score (nSPS) is 18.7. The summed E-state index contributed by atoms with van der Waals surface area (Å²) in [6.07, 6.45) is 2.52. The Bertz CT molecular complexity index is 1300. The fourth-order valence-corrected chi connectivity index (χ4v) is 5.12. The number of hydrogen-bond donors (Lipinski definition) is 2. The van der Waals surface area contributed by atoms with Gasteiger partial charge in [0.1, 0.15) is 11.1 Å². The molecule has 0 bridgehead atoms. The number of aromatic nitrogens is 1. The summed E-state index contributed by atoms with van der Waals surface area (Å²) in [5.74, 6) is -0.980. The molecular weight excluding hydrogens is 488 g/mol. The van der Waals surface area contributed by atoms with Gasteiger partial charge in [0.05, 0.1) is 7.11 Å². The van der Waals surface area contributed by atoms with Crippen molar-refractivity contribution < 1.29 is 23.0 Å². The van der Waals surface area contributed by atoms with Gasteiger partial charge < -0.3 is 20.1 Å². The maximum absolute atomic E-state index is 13.8. The molecule has 9 heteroatoms. The van der Waals surface area contributed by atoms with Crippen LogP contribution in [0.1, 0.15) is 42.1 Å². The van der Waals surface area contributed by atoms with Gasteiger partial charge in [-0.2, -0.15) is 4.98 Å². The molecule has 2 aliphatic rings. The first-order chi connectivity index (χ1) is 17.4. The predicted octanol–water partition coefficient (Wildman–Crippen LogP) is 5.12. The van der Waals surface area contributed by atoms with E-state index >= 15 is 0 Å². The van der Waals surface area contributed by atoms with Crippen LogP contribution < -0.4 is 20.1 Å². The number of carbonyl (C=O) groups is 1. The van der Waals surface area contributed by atoms with Crippen LogP contribution in [-0.2, 0) is 17.8 Å². The second-order valence-corrected chi connectivity index (χ2v) is 9.43. The number of pyridine rings is 1. The van der Waals surface area contributed by atoms with E-state index in [1.807, 2.05) is 18.2 Å². The maximum atomic E-state index is 13.8. The van der Waals surface area contributed by atoms with E-state index in [-0.39, 0.29) is 23.9 Å². The highest BCUT2D eigenvalue weighted by Gasteiger charge is 2.28. The van der Waals surface area contributed by atoms with Crippen LogP contribution in [0.2, 0.25) is 5.02 Å². The zero-order valence-corrected chi connectivity index (χ0v) is 20.5. The average molecular weight is 514 g/mol. The van der Waals surface area contributed by atoms with Gasteiger partial charge in [0.2, 0.25) is 17.7 Å². The Morgan fingerprint density at radius 2 is 1.97 bits per heavy atom. The van der Waals surface area contributed by atoms with Gasteiger partial charge in [-0.15, -0.1) is 0 Å². The minimum atomic E-state index is -0.874. The van der Waals surface area contributed by atoms with Crippen LogP contribution in [0, 0.1) is 11.6 Å². The van der Waals surface area contributed by atoms with Gasteiger partial charge in [-0.25, -0.2) is 8.78 Å². The summed E-state index contributed by atoms with van der Waals surface area (Å²) in [5.41, 5.74) is 4.27. The molecule has 6 nitrogen and oxygen atoms in total. The molecule has 1 aliphatic heterocycles. The zero-order valence-electron chi connectivity index (χ0n) is 19.7. The standard InChI is InChI=1S/C27H26ClF2N3O3/c1-35-26-16(13-31-14-17-6-10-25(34)32-17)11-21(28)27(33-26)36-24-9-7-19-18(3-2-4-20(19)24)15-5-8-22(29)23(30)12-15/h2-5,8,11-12,17,24,31H,6-7,9-10,13-14H2,1H3,(H,32,34)/t17?,24-/m0/s1. The Morgan fingerprint density at radius 1 is 1.11 bits per heavy atom. The number of ether oxygens (including phenoxy) is 2. The SMILES string of the molecule is COc1nc(O[C@H]2CCc3c(-c4ccc(F)c(F)c4)cccc32)c(Cl)cc1CNCC1CCC(=O)N1.